The molecule has 0 saturated carbocycles. The molecule has 0 unspecified atom stereocenters. The average Bonchev–Trinajstić information content (AvgIpc) is 3.19. The first-order valence-corrected chi connectivity index (χ1v) is 8.08. The molecule has 1 aromatic carbocycles. The molecule has 2 aromatic heterocycles. The molecule has 0 aliphatic carbocycles. The number of ether oxygens (including phenoxy) is 1. The number of aryl methyl sites for hydroxylation is 1. The maximum atomic E-state index is 11.6. The van der Waals surface area contributed by atoms with E-state index in [0.717, 1.165) is 31.9 Å². The van der Waals surface area contributed by atoms with Gasteiger partial charge >= 0.3 is 5.97 Å². The molecule has 4 rings (SSSR count). The Morgan fingerprint density at radius 3 is 3.08 bits per heavy atom. The normalized spacial score (nSPS) is 14.8. The smallest absolute Gasteiger partial charge is 0.358 e. The summed E-state index contributed by atoms with van der Waals surface area (Å²) in [5.41, 5.74) is 5.21. The topological polar surface area (TPSA) is 63.2 Å². The van der Waals surface area contributed by atoms with Gasteiger partial charge in [0.15, 0.2) is 5.69 Å². The number of hydrogen-bond acceptors (Lipinski definition) is 4. The molecule has 24 heavy (non-hydrogen) atoms. The van der Waals surface area contributed by atoms with Crippen molar-refractivity contribution in [2.45, 2.75) is 26.6 Å². The summed E-state index contributed by atoms with van der Waals surface area (Å²) >= 11 is 0. The average molecular weight is 324 g/mol. The van der Waals surface area contributed by atoms with Crippen LogP contribution in [0.25, 0.3) is 10.9 Å². The molecule has 1 N–H and O–H groups in total. The number of H-pyrrole nitrogens is 1. The number of hydrogen-bond donors (Lipinski definition) is 1. The van der Waals surface area contributed by atoms with Crippen LogP contribution >= 0.6 is 0 Å². The third-order valence-corrected chi connectivity index (χ3v) is 4.67. The van der Waals surface area contributed by atoms with Crippen molar-refractivity contribution in [3.05, 3.63) is 53.0 Å². The van der Waals surface area contributed by atoms with E-state index in [-0.39, 0.29) is 5.97 Å². The summed E-state index contributed by atoms with van der Waals surface area (Å²) in [5, 5.41) is 5.61. The summed E-state index contributed by atoms with van der Waals surface area (Å²) < 4.78 is 6.66. The van der Waals surface area contributed by atoms with Gasteiger partial charge in [0.2, 0.25) is 0 Å². The van der Waals surface area contributed by atoms with Crippen LogP contribution in [0, 0.1) is 6.92 Å². The molecule has 124 valence electrons. The van der Waals surface area contributed by atoms with Gasteiger partial charge in [0.1, 0.15) is 0 Å². The zero-order valence-corrected chi connectivity index (χ0v) is 13.9. The minimum Gasteiger partial charge on any atom is -0.464 e. The van der Waals surface area contributed by atoms with Gasteiger partial charge in [-0.05, 0) is 24.1 Å². The lowest BCUT2D eigenvalue weighted by Gasteiger charge is -2.27. The molecular weight excluding hydrogens is 304 g/mol. The molecule has 1 aliphatic rings. The van der Waals surface area contributed by atoms with Crippen LogP contribution in [-0.2, 0) is 24.4 Å². The van der Waals surface area contributed by atoms with Gasteiger partial charge in [0.05, 0.1) is 19.3 Å². The van der Waals surface area contributed by atoms with E-state index in [9.17, 15) is 4.79 Å². The fraction of sp³-hybridized carbons (Fsp3) is 0.333. The van der Waals surface area contributed by atoms with Crippen LogP contribution < -0.4 is 0 Å². The molecular formula is C18H20N4O2. The standard InChI is InChI=1S/C18H20N4O2/c1-12-4-3-5-15-13(9-19-17(12)15)10-21-6-7-22-14(11-21)8-16(20-22)18(23)24-2/h3-5,8-9,19H,6-7,10-11H2,1-2H3. The summed E-state index contributed by atoms with van der Waals surface area (Å²) in [6.07, 6.45) is 2.10. The van der Waals surface area contributed by atoms with E-state index in [1.54, 1.807) is 0 Å². The van der Waals surface area contributed by atoms with Gasteiger partial charge in [-0.1, -0.05) is 18.2 Å². The third-order valence-electron chi connectivity index (χ3n) is 4.67. The number of carbonyl (C=O) groups is 1. The first kappa shape index (κ1) is 15.0. The minimum atomic E-state index is -0.379. The highest BCUT2D eigenvalue weighted by Crippen LogP contribution is 2.24. The molecule has 3 heterocycles. The fourth-order valence-electron chi connectivity index (χ4n) is 3.40. The number of aromatic nitrogens is 3. The summed E-state index contributed by atoms with van der Waals surface area (Å²) in [7, 11) is 1.38. The lowest BCUT2D eigenvalue weighted by Crippen LogP contribution is -2.33. The van der Waals surface area contributed by atoms with Crippen LogP contribution in [0.15, 0.2) is 30.5 Å². The zero-order valence-electron chi connectivity index (χ0n) is 13.9. The third kappa shape index (κ3) is 2.49. The number of benzene rings is 1. The molecule has 0 radical (unpaired) electrons. The van der Waals surface area contributed by atoms with Crippen molar-refractivity contribution in [1.82, 2.24) is 19.7 Å². The number of methoxy groups -OCH3 is 1. The second-order valence-corrected chi connectivity index (χ2v) is 6.26. The van der Waals surface area contributed by atoms with Crippen LogP contribution in [0.2, 0.25) is 0 Å². The van der Waals surface area contributed by atoms with Crippen LogP contribution in [0.3, 0.4) is 0 Å². The molecule has 0 fully saturated rings. The predicted octanol–water partition coefficient (Wildman–Crippen LogP) is 2.48. The zero-order chi connectivity index (χ0) is 16.7. The monoisotopic (exact) mass is 324 g/mol. The van der Waals surface area contributed by atoms with E-state index in [1.807, 2.05) is 10.7 Å². The van der Waals surface area contributed by atoms with Gasteiger partial charge in [0.25, 0.3) is 0 Å². The first-order chi connectivity index (χ1) is 11.7. The Morgan fingerprint density at radius 1 is 1.38 bits per heavy atom. The van der Waals surface area contributed by atoms with Crippen molar-refractivity contribution in [3.8, 4) is 0 Å². The van der Waals surface area contributed by atoms with Crippen molar-refractivity contribution < 1.29 is 9.53 Å². The van der Waals surface area contributed by atoms with Crippen LogP contribution in [-0.4, -0.2) is 39.3 Å². The lowest BCUT2D eigenvalue weighted by molar-refractivity contribution is 0.0593. The number of aromatic amines is 1. The van der Waals surface area contributed by atoms with Gasteiger partial charge < -0.3 is 9.72 Å². The predicted molar refractivity (Wildman–Crippen MR) is 90.7 cm³/mol. The van der Waals surface area contributed by atoms with E-state index in [4.69, 9.17) is 4.74 Å². The number of rotatable bonds is 3. The second-order valence-electron chi connectivity index (χ2n) is 6.26. The summed E-state index contributed by atoms with van der Waals surface area (Å²) in [6, 6.07) is 8.22. The van der Waals surface area contributed by atoms with Crippen molar-refractivity contribution in [2.75, 3.05) is 13.7 Å². The highest BCUT2D eigenvalue weighted by Gasteiger charge is 2.22. The summed E-state index contributed by atoms with van der Waals surface area (Å²) in [4.78, 5) is 17.4. The molecule has 0 atom stereocenters. The Labute approximate surface area is 140 Å². The highest BCUT2D eigenvalue weighted by molar-refractivity contribution is 5.87. The van der Waals surface area contributed by atoms with Crippen molar-refractivity contribution in [3.63, 3.8) is 0 Å². The van der Waals surface area contributed by atoms with Gasteiger partial charge in [0, 0.05) is 36.7 Å². The fourth-order valence-corrected chi connectivity index (χ4v) is 3.40. The Morgan fingerprint density at radius 2 is 2.25 bits per heavy atom. The van der Waals surface area contributed by atoms with E-state index in [1.165, 1.54) is 29.1 Å². The first-order valence-electron chi connectivity index (χ1n) is 8.08. The molecule has 3 aromatic rings. The number of esters is 1. The molecule has 1 aliphatic heterocycles. The summed E-state index contributed by atoms with van der Waals surface area (Å²) in [6.45, 7) is 5.47. The maximum absolute atomic E-state index is 11.6. The van der Waals surface area contributed by atoms with Crippen LogP contribution in [0.4, 0.5) is 0 Å². The Balaban J connectivity index is 1.55. The minimum absolute atomic E-state index is 0.379. The number of fused-ring (bicyclic) bond motifs is 2. The molecule has 0 saturated heterocycles. The molecule has 0 spiro atoms. The largest absolute Gasteiger partial charge is 0.464 e. The molecule has 0 amide bonds. The number of nitrogens with one attached hydrogen (secondary N) is 1. The van der Waals surface area contributed by atoms with Crippen molar-refractivity contribution >= 4 is 16.9 Å². The van der Waals surface area contributed by atoms with E-state index < -0.39 is 0 Å². The van der Waals surface area contributed by atoms with Gasteiger partial charge in [-0.25, -0.2) is 4.79 Å². The van der Waals surface area contributed by atoms with Crippen LogP contribution in [0.5, 0.6) is 0 Å². The van der Waals surface area contributed by atoms with Gasteiger partial charge in [-0.2, -0.15) is 5.10 Å². The number of carbonyl (C=O) groups excluding carboxylic acids is 1. The highest BCUT2D eigenvalue weighted by atomic mass is 16.5. The van der Waals surface area contributed by atoms with Crippen molar-refractivity contribution in [2.24, 2.45) is 0 Å². The molecule has 6 heteroatoms. The number of nitrogens with zero attached hydrogens (tertiary/aromatic N) is 3. The van der Waals surface area contributed by atoms with E-state index >= 15 is 0 Å². The molecule has 0 bridgehead atoms. The maximum Gasteiger partial charge on any atom is 0.358 e. The lowest BCUT2D eigenvalue weighted by atomic mass is 10.1. The molecule has 6 nitrogen and oxygen atoms in total. The number of para-hydroxylation sites is 1. The Bertz CT molecular complexity index is 909. The van der Waals surface area contributed by atoms with Crippen LogP contribution in [0.1, 0.15) is 27.3 Å². The second kappa shape index (κ2) is 5.79. The van der Waals surface area contributed by atoms with E-state index in [2.05, 4.69) is 46.3 Å². The Kier molecular flexibility index (Phi) is 3.61. The van der Waals surface area contributed by atoms with E-state index in [0.29, 0.717) is 5.69 Å². The SMILES string of the molecule is COC(=O)c1cc2n(n1)CCN(Cc1c[nH]c3c(C)cccc13)C2. The summed E-state index contributed by atoms with van der Waals surface area (Å²) in [5.74, 6) is -0.379. The van der Waals surface area contributed by atoms with Gasteiger partial charge in [-0.3, -0.25) is 9.58 Å². The van der Waals surface area contributed by atoms with Gasteiger partial charge in [-0.15, -0.1) is 0 Å². The van der Waals surface area contributed by atoms with Crippen molar-refractivity contribution in [1.29, 1.82) is 0 Å². The Hall–Kier alpha value is -2.60. The quantitative estimate of drug-likeness (QED) is 0.752.